The minimum absolute atomic E-state index is 0.379. The third-order valence-electron chi connectivity index (χ3n) is 4.58. The molecule has 0 amide bonds. The number of benzene rings is 1. The average molecular weight is 327 g/mol. The Kier molecular flexibility index (Phi) is 4.05. The number of aromatic nitrogens is 2. The summed E-state index contributed by atoms with van der Waals surface area (Å²) in [6, 6.07) is 5.87. The highest BCUT2D eigenvalue weighted by Gasteiger charge is 2.25. The minimum atomic E-state index is -0.415. The van der Waals surface area contributed by atoms with Gasteiger partial charge in [-0.3, -0.25) is 14.3 Å². The number of anilines is 1. The monoisotopic (exact) mass is 327 g/mol. The third-order valence-corrected chi connectivity index (χ3v) is 4.58. The topological polar surface area (TPSA) is 67.3 Å². The Bertz CT molecular complexity index is 938. The van der Waals surface area contributed by atoms with Crippen LogP contribution >= 0.6 is 0 Å². The average Bonchev–Trinajstić information content (AvgIpc) is 2.55. The first-order valence-electron chi connectivity index (χ1n) is 7.87. The summed E-state index contributed by atoms with van der Waals surface area (Å²) >= 11 is 0. The predicted molar refractivity (Wildman–Crippen MR) is 94.7 cm³/mol. The zero-order chi connectivity index (χ0) is 17.4. The maximum Gasteiger partial charge on any atom is 0.329 e. The molecule has 126 valence electrons. The zero-order valence-electron chi connectivity index (χ0n) is 14.3. The largest absolute Gasteiger partial charge is 0.464 e. The van der Waals surface area contributed by atoms with Gasteiger partial charge in [-0.2, -0.15) is 0 Å². The van der Waals surface area contributed by atoms with Crippen molar-refractivity contribution in [2.45, 2.75) is 20.3 Å². The normalized spacial score (nSPS) is 15.5. The molecule has 1 aromatic carbocycles. The summed E-state index contributed by atoms with van der Waals surface area (Å²) < 4.78 is 7.31. The molecule has 6 nitrogen and oxygen atoms in total. The Balaban J connectivity index is 2.08. The maximum absolute atomic E-state index is 12.3. The number of H-pyrrole nitrogens is 1. The molecule has 6 heteroatoms. The number of aromatic amines is 1. The Morgan fingerprint density at radius 1 is 1.21 bits per heavy atom. The van der Waals surface area contributed by atoms with E-state index in [1.54, 1.807) is 13.3 Å². The number of hydrogen-bond acceptors (Lipinski definition) is 4. The molecule has 1 aliphatic rings. The Labute approximate surface area is 140 Å². The smallest absolute Gasteiger partial charge is 0.329 e. The van der Waals surface area contributed by atoms with E-state index in [2.05, 4.69) is 4.98 Å². The Morgan fingerprint density at radius 2 is 1.96 bits per heavy atom. The third kappa shape index (κ3) is 2.64. The van der Waals surface area contributed by atoms with E-state index in [-0.39, 0.29) is 5.56 Å². The Hall–Kier alpha value is -2.76. The summed E-state index contributed by atoms with van der Waals surface area (Å²) in [6.07, 6.45) is 2.31. The highest BCUT2D eigenvalue weighted by atomic mass is 16.5. The van der Waals surface area contributed by atoms with Gasteiger partial charge in [0.2, 0.25) is 0 Å². The number of nitrogens with zero attached hydrogens (tertiary/aromatic N) is 2. The molecule has 0 aliphatic carbocycles. The van der Waals surface area contributed by atoms with Gasteiger partial charge in [-0.1, -0.05) is 12.1 Å². The van der Waals surface area contributed by atoms with Crippen molar-refractivity contribution in [1.29, 1.82) is 0 Å². The number of ether oxygens (including phenoxy) is 1. The molecule has 0 saturated heterocycles. The van der Waals surface area contributed by atoms with Gasteiger partial charge in [0.1, 0.15) is 11.6 Å². The molecule has 0 bridgehead atoms. The molecule has 2 aromatic rings. The summed E-state index contributed by atoms with van der Waals surface area (Å²) in [7, 11) is 3.53. The van der Waals surface area contributed by atoms with Gasteiger partial charge in [-0.15, -0.1) is 0 Å². The fourth-order valence-electron chi connectivity index (χ4n) is 2.97. The molecule has 0 atom stereocenters. The van der Waals surface area contributed by atoms with Crippen molar-refractivity contribution in [2.75, 3.05) is 18.5 Å². The van der Waals surface area contributed by atoms with Gasteiger partial charge in [0.15, 0.2) is 0 Å². The van der Waals surface area contributed by atoms with E-state index in [1.807, 2.05) is 44.0 Å². The molecule has 0 spiro atoms. The SMILES string of the molecule is Cc1cccc(O/C=C2/CCN(C)c3c2c(=O)[nH]c(=O)n3C)c1C. The van der Waals surface area contributed by atoms with Crippen LogP contribution in [0.3, 0.4) is 0 Å². The first kappa shape index (κ1) is 16.1. The van der Waals surface area contributed by atoms with Crippen molar-refractivity contribution < 1.29 is 4.74 Å². The predicted octanol–water partition coefficient (Wildman–Crippen LogP) is 1.95. The molecule has 0 unspecified atom stereocenters. The Morgan fingerprint density at radius 3 is 2.71 bits per heavy atom. The van der Waals surface area contributed by atoms with Crippen LogP contribution in [0.15, 0.2) is 34.1 Å². The van der Waals surface area contributed by atoms with Crippen LogP contribution in [-0.4, -0.2) is 23.1 Å². The van der Waals surface area contributed by atoms with Crippen LogP contribution in [0.1, 0.15) is 23.1 Å². The molecule has 0 saturated carbocycles. The van der Waals surface area contributed by atoms with Crippen LogP contribution in [0, 0.1) is 13.8 Å². The van der Waals surface area contributed by atoms with E-state index >= 15 is 0 Å². The van der Waals surface area contributed by atoms with Crippen LogP contribution in [0.2, 0.25) is 0 Å². The van der Waals surface area contributed by atoms with Gasteiger partial charge < -0.3 is 9.64 Å². The molecular weight excluding hydrogens is 306 g/mol. The zero-order valence-corrected chi connectivity index (χ0v) is 14.3. The van der Waals surface area contributed by atoms with Crippen molar-refractivity contribution in [3.8, 4) is 5.75 Å². The van der Waals surface area contributed by atoms with E-state index in [0.717, 1.165) is 22.4 Å². The number of hydrogen-bond donors (Lipinski definition) is 1. The first-order valence-corrected chi connectivity index (χ1v) is 7.87. The molecule has 1 aliphatic heterocycles. The van der Waals surface area contributed by atoms with Crippen LogP contribution in [0.4, 0.5) is 5.82 Å². The van der Waals surface area contributed by atoms with Crippen LogP contribution in [-0.2, 0) is 7.05 Å². The second-order valence-electron chi connectivity index (χ2n) is 6.15. The quantitative estimate of drug-likeness (QED) is 0.856. The fourth-order valence-corrected chi connectivity index (χ4v) is 2.97. The lowest BCUT2D eigenvalue weighted by Crippen LogP contribution is -2.39. The second kappa shape index (κ2) is 6.03. The summed E-state index contributed by atoms with van der Waals surface area (Å²) in [5.41, 5.74) is 2.71. The maximum atomic E-state index is 12.3. The lowest BCUT2D eigenvalue weighted by molar-refractivity contribution is 0.476. The second-order valence-corrected chi connectivity index (χ2v) is 6.15. The molecule has 0 radical (unpaired) electrons. The van der Waals surface area contributed by atoms with Crippen LogP contribution in [0.5, 0.6) is 5.75 Å². The fraction of sp³-hybridized carbons (Fsp3) is 0.333. The standard InChI is InChI=1S/C18H21N3O3/c1-11-6-5-7-14(12(11)2)24-10-13-8-9-20(3)17-15(13)16(22)19-18(23)21(17)4/h5-7,10H,8-9H2,1-4H3,(H,19,22,23)/b13-10-. The van der Waals surface area contributed by atoms with E-state index in [0.29, 0.717) is 24.3 Å². The van der Waals surface area contributed by atoms with Gasteiger partial charge in [-0.25, -0.2) is 4.79 Å². The van der Waals surface area contributed by atoms with E-state index < -0.39 is 5.69 Å². The summed E-state index contributed by atoms with van der Waals surface area (Å²) in [5, 5.41) is 0. The highest BCUT2D eigenvalue weighted by molar-refractivity contribution is 5.76. The van der Waals surface area contributed by atoms with Crippen molar-refractivity contribution in [3.05, 3.63) is 62.0 Å². The molecule has 3 rings (SSSR count). The molecule has 1 aromatic heterocycles. The van der Waals surface area contributed by atoms with Gasteiger partial charge in [-0.05, 0) is 37.5 Å². The molecule has 24 heavy (non-hydrogen) atoms. The number of fused-ring (bicyclic) bond motifs is 1. The molecular formula is C18H21N3O3. The van der Waals surface area contributed by atoms with Crippen molar-refractivity contribution in [2.24, 2.45) is 7.05 Å². The molecule has 0 fully saturated rings. The van der Waals surface area contributed by atoms with Gasteiger partial charge in [0, 0.05) is 26.2 Å². The summed E-state index contributed by atoms with van der Waals surface area (Å²) in [4.78, 5) is 28.5. The number of rotatable bonds is 2. The van der Waals surface area contributed by atoms with Gasteiger partial charge >= 0.3 is 5.69 Å². The van der Waals surface area contributed by atoms with Crippen molar-refractivity contribution in [1.82, 2.24) is 9.55 Å². The van der Waals surface area contributed by atoms with Crippen molar-refractivity contribution in [3.63, 3.8) is 0 Å². The van der Waals surface area contributed by atoms with Gasteiger partial charge in [0.05, 0.1) is 11.8 Å². The minimum Gasteiger partial charge on any atom is -0.464 e. The van der Waals surface area contributed by atoms with Crippen LogP contribution in [0.25, 0.3) is 5.57 Å². The number of aryl methyl sites for hydroxylation is 1. The first-order chi connectivity index (χ1) is 11.4. The summed E-state index contributed by atoms with van der Waals surface area (Å²) in [6.45, 7) is 4.74. The van der Waals surface area contributed by atoms with E-state index in [4.69, 9.17) is 4.74 Å². The lowest BCUT2D eigenvalue weighted by atomic mass is 10.0. The number of nitrogens with one attached hydrogen (secondary N) is 1. The molecule has 2 heterocycles. The van der Waals surface area contributed by atoms with E-state index in [9.17, 15) is 9.59 Å². The lowest BCUT2D eigenvalue weighted by Gasteiger charge is -2.29. The summed E-state index contributed by atoms with van der Waals surface area (Å²) in [5.74, 6) is 1.38. The van der Waals surface area contributed by atoms with Crippen molar-refractivity contribution >= 4 is 11.4 Å². The molecule has 1 N–H and O–H groups in total. The highest BCUT2D eigenvalue weighted by Crippen LogP contribution is 2.30. The van der Waals surface area contributed by atoms with E-state index in [1.165, 1.54) is 4.57 Å². The van der Waals surface area contributed by atoms with Gasteiger partial charge in [0.25, 0.3) is 5.56 Å². The van der Waals surface area contributed by atoms with Crippen LogP contribution < -0.4 is 20.9 Å².